The van der Waals surface area contributed by atoms with Gasteiger partial charge in [-0.3, -0.25) is 4.79 Å². The minimum atomic E-state index is -1.29. The van der Waals surface area contributed by atoms with E-state index in [0.29, 0.717) is 5.56 Å². The van der Waals surface area contributed by atoms with Crippen LogP contribution in [0.15, 0.2) is 18.2 Å². The molecule has 98 valence electrons. The molecular weight excluding hydrogens is 293 g/mol. The second kappa shape index (κ2) is 5.07. The Morgan fingerprint density at radius 1 is 1.42 bits per heavy atom. The van der Waals surface area contributed by atoms with Gasteiger partial charge in [-0.2, -0.15) is 0 Å². The van der Waals surface area contributed by atoms with Gasteiger partial charge in [-0.15, -0.1) is 11.3 Å². The van der Waals surface area contributed by atoms with Crippen molar-refractivity contribution in [3.8, 4) is 10.6 Å². The molecule has 0 amide bonds. The first-order valence-corrected chi connectivity index (χ1v) is 6.30. The number of carboxylic acid groups (broad SMARTS) is 1. The molecule has 2 rings (SSSR count). The molecule has 0 saturated heterocycles. The van der Waals surface area contributed by atoms with Crippen LogP contribution < -0.4 is 0 Å². The number of Topliss-reactive ketones (excluding diaryl/α,β-unsaturated/α-hetero) is 1. The molecule has 0 radical (unpaired) electrons. The van der Waals surface area contributed by atoms with E-state index in [-0.39, 0.29) is 26.4 Å². The lowest BCUT2D eigenvalue weighted by Gasteiger charge is -1.99. The van der Waals surface area contributed by atoms with Crippen LogP contribution in [0.4, 0.5) is 4.39 Å². The molecule has 0 aliphatic carbocycles. The minimum Gasteiger partial charge on any atom is -0.476 e. The maximum Gasteiger partial charge on any atom is 0.356 e. The number of ketones is 1. The molecule has 7 heteroatoms. The number of halogens is 2. The van der Waals surface area contributed by atoms with E-state index in [1.165, 1.54) is 19.1 Å². The average molecular weight is 300 g/mol. The summed E-state index contributed by atoms with van der Waals surface area (Å²) in [5, 5.41) is 9.37. The van der Waals surface area contributed by atoms with E-state index in [1.54, 1.807) is 0 Å². The molecule has 19 heavy (non-hydrogen) atoms. The number of benzene rings is 1. The monoisotopic (exact) mass is 299 g/mol. The van der Waals surface area contributed by atoms with Crippen molar-refractivity contribution in [2.24, 2.45) is 0 Å². The highest BCUT2D eigenvalue weighted by Crippen LogP contribution is 2.33. The number of nitrogens with zero attached hydrogens (tertiary/aromatic N) is 1. The molecule has 1 aromatic carbocycles. The van der Waals surface area contributed by atoms with Gasteiger partial charge in [0.05, 0.1) is 5.02 Å². The fraction of sp³-hybridized carbons (Fsp3) is 0.0833. The SMILES string of the molecule is CC(=O)c1sc(-c2ccc(F)cc2Cl)nc1C(=O)O. The Balaban J connectivity index is 2.60. The van der Waals surface area contributed by atoms with Crippen molar-refractivity contribution in [2.75, 3.05) is 0 Å². The van der Waals surface area contributed by atoms with E-state index in [0.717, 1.165) is 17.4 Å². The molecule has 1 heterocycles. The third kappa shape index (κ3) is 2.64. The molecular formula is C12H7ClFNO3S. The maximum atomic E-state index is 13.0. The van der Waals surface area contributed by atoms with Crippen LogP contribution in [0, 0.1) is 5.82 Å². The number of carbonyl (C=O) groups excluding carboxylic acids is 1. The molecule has 0 bridgehead atoms. The minimum absolute atomic E-state index is 0.0443. The molecule has 1 N–H and O–H groups in total. The molecule has 0 aliphatic rings. The van der Waals surface area contributed by atoms with Crippen molar-refractivity contribution in [2.45, 2.75) is 6.92 Å². The normalized spacial score (nSPS) is 10.5. The summed E-state index contributed by atoms with van der Waals surface area (Å²) in [4.78, 5) is 26.3. The number of thiazole rings is 1. The van der Waals surface area contributed by atoms with Crippen LogP contribution >= 0.6 is 22.9 Å². The summed E-state index contributed by atoms with van der Waals surface area (Å²) < 4.78 is 13.0. The zero-order chi connectivity index (χ0) is 14.2. The molecule has 0 atom stereocenters. The molecule has 4 nitrogen and oxygen atoms in total. The topological polar surface area (TPSA) is 67.3 Å². The fourth-order valence-corrected chi connectivity index (χ4v) is 2.79. The van der Waals surface area contributed by atoms with Crippen LogP contribution in [0.25, 0.3) is 10.6 Å². The van der Waals surface area contributed by atoms with E-state index in [4.69, 9.17) is 16.7 Å². The number of carboxylic acids is 1. The lowest BCUT2D eigenvalue weighted by atomic mass is 10.2. The quantitative estimate of drug-likeness (QED) is 0.881. The third-order valence-corrected chi connectivity index (χ3v) is 3.81. The standard InChI is InChI=1S/C12H7ClFNO3S/c1-5(16)10-9(12(17)18)15-11(19-10)7-3-2-6(14)4-8(7)13/h2-4H,1H3,(H,17,18). The Bertz CT molecular complexity index is 652. The Labute approximate surface area is 116 Å². The molecule has 0 fully saturated rings. The van der Waals surface area contributed by atoms with Gasteiger partial charge in [-0.25, -0.2) is 14.2 Å². The summed E-state index contributed by atoms with van der Waals surface area (Å²) in [5.74, 6) is -2.18. The number of aromatic carboxylic acids is 1. The largest absolute Gasteiger partial charge is 0.476 e. The second-order valence-electron chi connectivity index (χ2n) is 3.68. The number of rotatable bonds is 3. The number of hydrogen-bond donors (Lipinski definition) is 1. The van der Waals surface area contributed by atoms with Gasteiger partial charge in [0.2, 0.25) is 0 Å². The zero-order valence-corrected chi connectivity index (χ0v) is 11.2. The summed E-state index contributed by atoms with van der Waals surface area (Å²) >= 11 is 6.80. The van der Waals surface area contributed by atoms with Gasteiger partial charge < -0.3 is 5.11 Å². The van der Waals surface area contributed by atoms with Crippen LogP contribution in [0.2, 0.25) is 5.02 Å². The summed E-state index contributed by atoms with van der Waals surface area (Å²) in [6, 6.07) is 3.69. The molecule has 2 aromatic rings. The van der Waals surface area contributed by atoms with Crippen LogP contribution in [0.1, 0.15) is 27.1 Å². The molecule has 0 saturated carbocycles. The van der Waals surface area contributed by atoms with Crippen LogP contribution in [0.5, 0.6) is 0 Å². The Morgan fingerprint density at radius 2 is 2.11 bits per heavy atom. The molecule has 0 unspecified atom stereocenters. The number of carbonyl (C=O) groups is 2. The van der Waals surface area contributed by atoms with Crippen LogP contribution in [-0.4, -0.2) is 21.8 Å². The van der Waals surface area contributed by atoms with E-state index in [2.05, 4.69) is 4.98 Å². The molecule has 0 spiro atoms. The average Bonchev–Trinajstić information content (AvgIpc) is 2.73. The van der Waals surface area contributed by atoms with Gasteiger partial charge in [-0.1, -0.05) is 11.6 Å². The van der Waals surface area contributed by atoms with E-state index < -0.39 is 11.8 Å². The smallest absolute Gasteiger partial charge is 0.356 e. The van der Waals surface area contributed by atoms with Crippen molar-refractivity contribution < 1.29 is 19.1 Å². The van der Waals surface area contributed by atoms with E-state index in [1.807, 2.05) is 0 Å². The van der Waals surface area contributed by atoms with Gasteiger partial charge in [0.25, 0.3) is 0 Å². The van der Waals surface area contributed by atoms with Crippen molar-refractivity contribution >= 4 is 34.7 Å². The first kappa shape index (κ1) is 13.6. The predicted octanol–water partition coefficient (Wildman–Crippen LogP) is 3.50. The zero-order valence-electron chi connectivity index (χ0n) is 9.61. The summed E-state index contributed by atoms with van der Waals surface area (Å²) in [6.45, 7) is 1.26. The van der Waals surface area contributed by atoms with E-state index in [9.17, 15) is 14.0 Å². The Kier molecular flexibility index (Phi) is 3.64. The summed E-state index contributed by atoms with van der Waals surface area (Å²) in [6.07, 6.45) is 0. The van der Waals surface area contributed by atoms with Gasteiger partial charge in [0, 0.05) is 12.5 Å². The first-order chi connectivity index (χ1) is 8.90. The maximum absolute atomic E-state index is 13.0. The highest BCUT2D eigenvalue weighted by Gasteiger charge is 2.22. The lowest BCUT2D eigenvalue weighted by molar-refractivity contribution is 0.0687. The van der Waals surface area contributed by atoms with Gasteiger partial charge >= 0.3 is 5.97 Å². The van der Waals surface area contributed by atoms with Crippen LogP contribution in [-0.2, 0) is 0 Å². The highest BCUT2D eigenvalue weighted by molar-refractivity contribution is 7.17. The second-order valence-corrected chi connectivity index (χ2v) is 5.09. The predicted molar refractivity (Wildman–Crippen MR) is 69.5 cm³/mol. The Hall–Kier alpha value is -1.79. The third-order valence-electron chi connectivity index (χ3n) is 2.31. The molecule has 1 aromatic heterocycles. The first-order valence-electron chi connectivity index (χ1n) is 5.10. The van der Waals surface area contributed by atoms with Gasteiger partial charge in [0.15, 0.2) is 11.5 Å². The fourth-order valence-electron chi connectivity index (χ4n) is 1.48. The van der Waals surface area contributed by atoms with Crippen molar-refractivity contribution in [3.05, 3.63) is 39.6 Å². The van der Waals surface area contributed by atoms with Crippen molar-refractivity contribution in [3.63, 3.8) is 0 Å². The molecule has 0 aliphatic heterocycles. The number of aromatic nitrogens is 1. The number of hydrogen-bond acceptors (Lipinski definition) is 4. The van der Waals surface area contributed by atoms with Crippen LogP contribution in [0.3, 0.4) is 0 Å². The highest BCUT2D eigenvalue weighted by atomic mass is 35.5. The lowest BCUT2D eigenvalue weighted by Crippen LogP contribution is -2.03. The van der Waals surface area contributed by atoms with Crippen molar-refractivity contribution in [1.29, 1.82) is 0 Å². The van der Waals surface area contributed by atoms with Crippen molar-refractivity contribution in [1.82, 2.24) is 4.98 Å². The van der Waals surface area contributed by atoms with Gasteiger partial charge in [0.1, 0.15) is 15.7 Å². The van der Waals surface area contributed by atoms with E-state index >= 15 is 0 Å². The van der Waals surface area contributed by atoms with Gasteiger partial charge in [-0.05, 0) is 18.2 Å². The Morgan fingerprint density at radius 3 is 2.58 bits per heavy atom. The summed E-state index contributed by atoms with van der Waals surface area (Å²) in [7, 11) is 0. The summed E-state index contributed by atoms with van der Waals surface area (Å²) in [5.41, 5.74) is 0.0796.